The molecule has 9 heteroatoms. The molecule has 0 saturated carbocycles. The van der Waals surface area contributed by atoms with Gasteiger partial charge in [-0.3, -0.25) is 9.69 Å². The fourth-order valence-electron chi connectivity index (χ4n) is 4.34. The van der Waals surface area contributed by atoms with E-state index in [1.165, 1.54) is 0 Å². The van der Waals surface area contributed by atoms with Crippen molar-refractivity contribution in [1.29, 1.82) is 0 Å². The van der Waals surface area contributed by atoms with E-state index in [9.17, 15) is 13.2 Å². The molecule has 2 heterocycles. The molecule has 0 spiro atoms. The Hall–Kier alpha value is -2.46. The summed E-state index contributed by atoms with van der Waals surface area (Å²) in [6.07, 6.45) is 4.03. The van der Waals surface area contributed by atoms with Gasteiger partial charge in [0.2, 0.25) is 5.91 Å². The second-order valence-corrected chi connectivity index (χ2v) is 10.9. The van der Waals surface area contributed by atoms with Crippen molar-refractivity contribution in [2.24, 2.45) is 0 Å². The standard InChI is InChI=1S/C25H34N4O4S/c1-21-10-12-22(13-11-21)33-24-9-5-4-8-23(24)26-25(30)20-27-16-18-29(19-17-27)34(31,32)28-14-6-2-3-7-15-28/h4-5,8-13H,2-3,6-7,14-20H2,1H3,(H,26,30). The van der Waals surface area contributed by atoms with Crippen LogP contribution in [0.1, 0.15) is 31.2 Å². The zero-order valence-corrected chi connectivity index (χ0v) is 20.6. The molecular weight excluding hydrogens is 452 g/mol. The van der Waals surface area contributed by atoms with Crippen LogP contribution in [0.2, 0.25) is 0 Å². The number of carbonyl (C=O) groups is 1. The van der Waals surface area contributed by atoms with E-state index in [1.54, 1.807) is 8.61 Å². The molecule has 2 aromatic carbocycles. The molecule has 0 bridgehead atoms. The van der Waals surface area contributed by atoms with Crippen LogP contribution < -0.4 is 10.1 Å². The Morgan fingerprint density at radius 3 is 2.15 bits per heavy atom. The molecule has 2 aliphatic rings. The first-order chi connectivity index (χ1) is 16.4. The highest BCUT2D eigenvalue weighted by Crippen LogP contribution is 2.29. The maximum atomic E-state index is 13.0. The fourth-order valence-corrected chi connectivity index (χ4v) is 6.01. The molecule has 2 fully saturated rings. The molecule has 34 heavy (non-hydrogen) atoms. The molecular formula is C25H34N4O4S. The molecule has 4 rings (SSSR count). The quantitative estimate of drug-likeness (QED) is 0.648. The lowest BCUT2D eigenvalue weighted by Crippen LogP contribution is -2.54. The van der Waals surface area contributed by atoms with Crippen molar-refractivity contribution in [3.8, 4) is 11.5 Å². The minimum Gasteiger partial charge on any atom is -0.455 e. The van der Waals surface area contributed by atoms with Crippen LogP contribution in [0, 0.1) is 6.92 Å². The zero-order valence-electron chi connectivity index (χ0n) is 19.8. The van der Waals surface area contributed by atoms with Crippen molar-refractivity contribution < 1.29 is 17.9 Å². The van der Waals surface area contributed by atoms with Crippen LogP contribution in [0.5, 0.6) is 11.5 Å². The minimum atomic E-state index is -3.42. The molecule has 2 aromatic rings. The molecule has 184 valence electrons. The van der Waals surface area contributed by atoms with Gasteiger partial charge >= 0.3 is 0 Å². The highest BCUT2D eigenvalue weighted by molar-refractivity contribution is 7.86. The third-order valence-electron chi connectivity index (χ3n) is 6.33. The normalized spacial score (nSPS) is 18.9. The number of anilines is 1. The number of hydrogen-bond donors (Lipinski definition) is 1. The third kappa shape index (κ3) is 6.35. The van der Waals surface area contributed by atoms with Gasteiger partial charge in [0.25, 0.3) is 10.2 Å². The summed E-state index contributed by atoms with van der Waals surface area (Å²) in [6.45, 7) is 5.30. The SMILES string of the molecule is Cc1ccc(Oc2ccccc2NC(=O)CN2CCN(S(=O)(=O)N3CCCCCC3)CC2)cc1. The second kappa shape index (κ2) is 11.3. The molecule has 0 aromatic heterocycles. The van der Waals surface area contributed by atoms with E-state index in [2.05, 4.69) is 5.32 Å². The van der Waals surface area contributed by atoms with E-state index in [-0.39, 0.29) is 12.5 Å². The average molecular weight is 487 g/mol. The summed E-state index contributed by atoms with van der Waals surface area (Å²) < 4.78 is 35.2. The first-order valence-corrected chi connectivity index (χ1v) is 13.4. The van der Waals surface area contributed by atoms with E-state index in [4.69, 9.17) is 4.74 Å². The zero-order chi connectivity index (χ0) is 24.0. The summed E-state index contributed by atoms with van der Waals surface area (Å²) in [5, 5.41) is 2.94. The minimum absolute atomic E-state index is 0.149. The van der Waals surface area contributed by atoms with Crippen LogP contribution in [0.15, 0.2) is 48.5 Å². The number of ether oxygens (including phenoxy) is 1. The van der Waals surface area contributed by atoms with E-state index < -0.39 is 10.2 Å². The summed E-state index contributed by atoms with van der Waals surface area (Å²) in [7, 11) is -3.42. The summed E-state index contributed by atoms with van der Waals surface area (Å²) in [4.78, 5) is 14.7. The number of nitrogens with zero attached hydrogens (tertiary/aromatic N) is 3. The Morgan fingerprint density at radius 2 is 1.47 bits per heavy atom. The van der Waals surface area contributed by atoms with E-state index in [1.807, 2.05) is 60.4 Å². The molecule has 0 unspecified atom stereocenters. The van der Waals surface area contributed by atoms with Gasteiger partial charge in [0.05, 0.1) is 12.2 Å². The molecule has 2 aliphatic heterocycles. The van der Waals surface area contributed by atoms with Crippen molar-refractivity contribution in [3.63, 3.8) is 0 Å². The third-order valence-corrected chi connectivity index (χ3v) is 8.36. The number of rotatable bonds is 7. The lowest BCUT2D eigenvalue weighted by Gasteiger charge is -2.36. The lowest BCUT2D eigenvalue weighted by molar-refractivity contribution is -0.117. The molecule has 1 amide bonds. The highest BCUT2D eigenvalue weighted by Gasteiger charge is 2.32. The number of piperazine rings is 1. The topological polar surface area (TPSA) is 82.2 Å². The number of hydrogen-bond acceptors (Lipinski definition) is 5. The van der Waals surface area contributed by atoms with Crippen LogP contribution >= 0.6 is 0 Å². The summed E-state index contributed by atoms with van der Waals surface area (Å²) in [6, 6.07) is 15.1. The fraction of sp³-hybridized carbons (Fsp3) is 0.480. The van der Waals surface area contributed by atoms with Crippen molar-refractivity contribution in [2.75, 3.05) is 51.1 Å². The summed E-state index contributed by atoms with van der Waals surface area (Å²) in [5.74, 6) is 1.13. The average Bonchev–Trinajstić information content (AvgIpc) is 3.12. The first-order valence-electron chi connectivity index (χ1n) is 12.0. The van der Waals surface area contributed by atoms with Gasteiger partial charge in [-0.25, -0.2) is 0 Å². The maximum Gasteiger partial charge on any atom is 0.282 e. The number of amides is 1. The number of carbonyl (C=O) groups excluding carboxylic acids is 1. The Morgan fingerprint density at radius 1 is 0.853 bits per heavy atom. The van der Waals surface area contributed by atoms with Gasteiger partial charge in [0, 0.05) is 39.3 Å². The van der Waals surface area contributed by atoms with Crippen LogP contribution in [0.3, 0.4) is 0 Å². The van der Waals surface area contributed by atoms with Crippen molar-refractivity contribution in [1.82, 2.24) is 13.5 Å². The van der Waals surface area contributed by atoms with Gasteiger partial charge in [0.15, 0.2) is 5.75 Å². The van der Waals surface area contributed by atoms with Gasteiger partial charge < -0.3 is 10.1 Å². The Labute approximate surface area is 202 Å². The van der Waals surface area contributed by atoms with Gasteiger partial charge in [-0.05, 0) is 44.0 Å². The van der Waals surface area contributed by atoms with Crippen LogP contribution in [-0.2, 0) is 15.0 Å². The second-order valence-electron chi connectivity index (χ2n) is 8.96. The molecule has 0 aliphatic carbocycles. The van der Waals surface area contributed by atoms with E-state index >= 15 is 0 Å². The van der Waals surface area contributed by atoms with Crippen LogP contribution in [0.25, 0.3) is 0 Å². The molecule has 0 radical (unpaired) electrons. The van der Waals surface area contributed by atoms with Crippen molar-refractivity contribution in [2.45, 2.75) is 32.6 Å². The highest BCUT2D eigenvalue weighted by atomic mass is 32.2. The molecule has 1 N–H and O–H groups in total. The largest absolute Gasteiger partial charge is 0.455 e. The Balaban J connectivity index is 1.30. The number of aryl methyl sites for hydroxylation is 1. The van der Waals surface area contributed by atoms with Gasteiger partial charge in [0.1, 0.15) is 5.75 Å². The molecule has 0 atom stereocenters. The Bertz CT molecular complexity index is 1060. The predicted octanol–water partition coefficient (Wildman–Crippen LogP) is 3.46. The predicted molar refractivity (Wildman–Crippen MR) is 133 cm³/mol. The number of para-hydroxylation sites is 2. The van der Waals surface area contributed by atoms with Gasteiger partial charge in [-0.2, -0.15) is 17.0 Å². The Kier molecular flexibility index (Phi) is 8.20. The monoisotopic (exact) mass is 486 g/mol. The number of nitrogens with one attached hydrogen (secondary N) is 1. The summed E-state index contributed by atoms with van der Waals surface area (Å²) >= 11 is 0. The van der Waals surface area contributed by atoms with Crippen molar-refractivity contribution in [3.05, 3.63) is 54.1 Å². The van der Waals surface area contributed by atoms with E-state index in [0.717, 1.165) is 31.2 Å². The van der Waals surface area contributed by atoms with Gasteiger partial charge in [-0.15, -0.1) is 0 Å². The lowest BCUT2D eigenvalue weighted by atomic mass is 10.2. The van der Waals surface area contributed by atoms with E-state index in [0.29, 0.717) is 56.5 Å². The smallest absolute Gasteiger partial charge is 0.282 e. The van der Waals surface area contributed by atoms with Crippen LogP contribution in [0.4, 0.5) is 5.69 Å². The first kappa shape index (κ1) is 24.7. The van der Waals surface area contributed by atoms with Gasteiger partial charge in [-0.1, -0.05) is 42.7 Å². The molecule has 8 nitrogen and oxygen atoms in total. The summed E-state index contributed by atoms with van der Waals surface area (Å²) in [5.41, 5.74) is 1.75. The maximum absolute atomic E-state index is 13.0. The molecule has 2 saturated heterocycles. The van der Waals surface area contributed by atoms with Crippen molar-refractivity contribution >= 4 is 21.8 Å². The number of benzene rings is 2. The van der Waals surface area contributed by atoms with Crippen LogP contribution in [-0.4, -0.2) is 73.6 Å².